The zero-order valence-electron chi connectivity index (χ0n) is 17.3. The first kappa shape index (κ1) is 21.2. The van der Waals surface area contributed by atoms with Crippen LogP contribution in [-0.4, -0.2) is 48.4 Å². The molecule has 1 unspecified atom stereocenters. The molecule has 2 aromatic carbocycles. The normalized spacial score (nSPS) is 17.5. The number of hydrogen-bond donors (Lipinski definition) is 0. The largest absolute Gasteiger partial charge is 0.436 e. The second-order valence-electron chi connectivity index (χ2n) is 7.47. The summed E-state index contributed by atoms with van der Waals surface area (Å²) in [6.07, 6.45) is 1.35. The summed E-state index contributed by atoms with van der Waals surface area (Å²) in [6.45, 7) is 5.04. The molecule has 1 aromatic heterocycles. The lowest BCUT2D eigenvalue weighted by molar-refractivity contribution is 0.305. The molecule has 3 aromatic rings. The first-order chi connectivity index (χ1) is 14.8. The molecule has 1 fully saturated rings. The number of rotatable bonds is 5. The lowest BCUT2D eigenvalue weighted by atomic mass is 10.2. The Morgan fingerprint density at radius 3 is 2.52 bits per heavy atom. The highest BCUT2D eigenvalue weighted by atomic mass is 32.2. The van der Waals surface area contributed by atoms with Crippen molar-refractivity contribution < 1.29 is 17.5 Å². The van der Waals surface area contributed by atoms with E-state index in [4.69, 9.17) is 4.74 Å². The van der Waals surface area contributed by atoms with E-state index < -0.39 is 15.8 Å². The smallest absolute Gasteiger partial charge is 0.243 e. The van der Waals surface area contributed by atoms with Crippen LogP contribution in [0.4, 0.5) is 10.2 Å². The Labute approximate surface area is 181 Å². The molecular weight excluding hydrogens is 419 g/mol. The van der Waals surface area contributed by atoms with Crippen molar-refractivity contribution in [2.75, 3.05) is 24.5 Å². The fraction of sp³-hybridized carbons (Fsp3) is 0.273. The van der Waals surface area contributed by atoms with Gasteiger partial charge in [0.2, 0.25) is 15.9 Å². The van der Waals surface area contributed by atoms with Gasteiger partial charge in [-0.25, -0.2) is 22.8 Å². The van der Waals surface area contributed by atoms with Gasteiger partial charge in [-0.15, -0.1) is 0 Å². The number of ether oxygens (including phenoxy) is 1. The van der Waals surface area contributed by atoms with Gasteiger partial charge in [-0.05, 0) is 38.1 Å². The minimum Gasteiger partial charge on any atom is -0.436 e. The highest BCUT2D eigenvalue weighted by Crippen LogP contribution is 2.27. The highest BCUT2D eigenvalue weighted by molar-refractivity contribution is 7.89. The predicted octanol–water partition coefficient (Wildman–Crippen LogP) is 3.62. The predicted molar refractivity (Wildman–Crippen MR) is 115 cm³/mol. The van der Waals surface area contributed by atoms with Gasteiger partial charge in [0, 0.05) is 31.7 Å². The van der Waals surface area contributed by atoms with Crippen LogP contribution in [0.15, 0.2) is 65.8 Å². The average Bonchev–Trinajstić information content (AvgIpc) is 2.76. The topological polar surface area (TPSA) is 75.6 Å². The average molecular weight is 443 g/mol. The summed E-state index contributed by atoms with van der Waals surface area (Å²) in [7, 11) is -3.58. The molecule has 0 radical (unpaired) electrons. The van der Waals surface area contributed by atoms with Gasteiger partial charge >= 0.3 is 0 Å². The number of anilines is 1. The van der Waals surface area contributed by atoms with Gasteiger partial charge in [-0.1, -0.05) is 29.8 Å². The van der Waals surface area contributed by atoms with Gasteiger partial charge in [0.15, 0.2) is 11.6 Å². The Morgan fingerprint density at radius 2 is 1.81 bits per heavy atom. The van der Waals surface area contributed by atoms with Crippen LogP contribution in [0.2, 0.25) is 0 Å². The van der Waals surface area contributed by atoms with Crippen molar-refractivity contribution in [1.82, 2.24) is 14.3 Å². The molecule has 1 atom stereocenters. The van der Waals surface area contributed by atoms with E-state index in [1.165, 1.54) is 22.8 Å². The fourth-order valence-electron chi connectivity index (χ4n) is 3.55. The van der Waals surface area contributed by atoms with Crippen LogP contribution >= 0.6 is 0 Å². The van der Waals surface area contributed by atoms with Gasteiger partial charge in [0.25, 0.3) is 0 Å². The number of piperazine rings is 1. The lowest BCUT2D eigenvalue weighted by Crippen LogP contribution is -2.54. The number of aromatic nitrogens is 2. The summed E-state index contributed by atoms with van der Waals surface area (Å²) in [6, 6.07) is 14.3. The van der Waals surface area contributed by atoms with Crippen molar-refractivity contribution in [3.63, 3.8) is 0 Å². The quantitative estimate of drug-likeness (QED) is 0.601. The van der Waals surface area contributed by atoms with E-state index in [1.807, 2.05) is 18.7 Å². The van der Waals surface area contributed by atoms with Gasteiger partial charge in [0.1, 0.15) is 12.1 Å². The zero-order chi connectivity index (χ0) is 22.0. The summed E-state index contributed by atoms with van der Waals surface area (Å²) in [4.78, 5) is 10.6. The Balaban J connectivity index is 1.49. The van der Waals surface area contributed by atoms with E-state index in [-0.39, 0.29) is 17.7 Å². The van der Waals surface area contributed by atoms with Crippen molar-refractivity contribution in [3.8, 4) is 11.6 Å². The van der Waals surface area contributed by atoms with Crippen molar-refractivity contribution >= 4 is 15.8 Å². The van der Waals surface area contributed by atoms with Crippen molar-refractivity contribution in [2.45, 2.75) is 24.8 Å². The van der Waals surface area contributed by atoms with Crippen LogP contribution in [0, 0.1) is 12.7 Å². The maximum absolute atomic E-state index is 13.9. The molecular formula is C22H23FN4O3S. The standard InChI is InChI=1S/C22H23FN4O3S/c1-16-7-9-18(10-8-16)31(28,29)27-12-11-26(14-17(27)2)21-13-22(25-15-24-21)30-20-6-4-3-5-19(20)23/h3-10,13,15,17H,11-12,14H2,1-2H3. The van der Waals surface area contributed by atoms with E-state index in [9.17, 15) is 12.8 Å². The molecule has 162 valence electrons. The summed E-state index contributed by atoms with van der Waals surface area (Å²) in [5.41, 5.74) is 1.01. The Kier molecular flexibility index (Phi) is 5.88. The van der Waals surface area contributed by atoms with Crippen molar-refractivity contribution in [2.24, 2.45) is 0 Å². The number of nitrogens with zero attached hydrogens (tertiary/aromatic N) is 4. The maximum Gasteiger partial charge on any atom is 0.243 e. The number of benzene rings is 2. The van der Waals surface area contributed by atoms with Gasteiger partial charge < -0.3 is 9.64 Å². The van der Waals surface area contributed by atoms with Crippen molar-refractivity contribution in [3.05, 3.63) is 72.3 Å². The minimum atomic E-state index is -3.58. The molecule has 0 spiro atoms. The first-order valence-corrected chi connectivity index (χ1v) is 11.4. The highest BCUT2D eigenvalue weighted by Gasteiger charge is 2.34. The van der Waals surface area contributed by atoms with E-state index in [1.54, 1.807) is 42.5 Å². The number of aryl methyl sites for hydroxylation is 1. The van der Waals surface area contributed by atoms with Gasteiger partial charge in [-0.3, -0.25) is 0 Å². The Morgan fingerprint density at radius 1 is 1.06 bits per heavy atom. The SMILES string of the molecule is Cc1ccc(S(=O)(=O)N2CCN(c3cc(Oc4ccccc4F)ncn3)CC2C)cc1. The van der Waals surface area contributed by atoms with Crippen LogP contribution in [0.1, 0.15) is 12.5 Å². The molecule has 2 heterocycles. The zero-order valence-corrected chi connectivity index (χ0v) is 18.1. The van der Waals surface area contributed by atoms with Crippen LogP contribution in [0.25, 0.3) is 0 Å². The molecule has 0 aliphatic carbocycles. The van der Waals surface area contributed by atoms with E-state index in [2.05, 4.69) is 9.97 Å². The van der Waals surface area contributed by atoms with Crippen LogP contribution in [-0.2, 0) is 10.0 Å². The molecule has 0 amide bonds. The molecule has 0 saturated carbocycles. The summed E-state index contributed by atoms with van der Waals surface area (Å²) in [5.74, 6) is 0.416. The van der Waals surface area contributed by atoms with E-state index in [0.717, 1.165) is 5.56 Å². The second-order valence-corrected chi connectivity index (χ2v) is 9.36. The molecule has 1 aliphatic rings. The molecule has 9 heteroatoms. The first-order valence-electron chi connectivity index (χ1n) is 9.92. The van der Waals surface area contributed by atoms with Crippen molar-refractivity contribution in [1.29, 1.82) is 0 Å². The molecule has 1 aliphatic heterocycles. The van der Waals surface area contributed by atoms with E-state index in [0.29, 0.717) is 30.3 Å². The molecule has 31 heavy (non-hydrogen) atoms. The Hall–Kier alpha value is -3.04. The monoisotopic (exact) mass is 442 g/mol. The number of sulfonamides is 1. The summed E-state index contributed by atoms with van der Waals surface area (Å²) >= 11 is 0. The summed E-state index contributed by atoms with van der Waals surface area (Å²) in [5, 5.41) is 0. The third kappa shape index (κ3) is 4.52. The maximum atomic E-state index is 13.9. The minimum absolute atomic E-state index is 0.0783. The number of para-hydroxylation sites is 1. The Bertz CT molecular complexity index is 1170. The summed E-state index contributed by atoms with van der Waals surface area (Å²) < 4.78 is 47.1. The lowest BCUT2D eigenvalue weighted by Gasteiger charge is -2.39. The molecule has 4 rings (SSSR count). The molecule has 7 nitrogen and oxygen atoms in total. The van der Waals surface area contributed by atoms with E-state index >= 15 is 0 Å². The number of halogens is 1. The van der Waals surface area contributed by atoms with Gasteiger partial charge in [-0.2, -0.15) is 4.31 Å². The van der Waals surface area contributed by atoms with Crippen LogP contribution in [0.3, 0.4) is 0 Å². The number of hydrogen-bond acceptors (Lipinski definition) is 6. The van der Waals surface area contributed by atoms with Crippen LogP contribution in [0.5, 0.6) is 11.6 Å². The third-order valence-corrected chi connectivity index (χ3v) is 7.22. The van der Waals surface area contributed by atoms with Crippen LogP contribution < -0.4 is 9.64 Å². The molecule has 1 saturated heterocycles. The second kappa shape index (κ2) is 8.60. The molecule has 0 bridgehead atoms. The fourth-order valence-corrected chi connectivity index (χ4v) is 5.16. The third-order valence-electron chi connectivity index (χ3n) is 5.20. The molecule has 0 N–H and O–H groups in total. The van der Waals surface area contributed by atoms with Gasteiger partial charge in [0.05, 0.1) is 4.90 Å².